The van der Waals surface area contributed by atoms with Crippen molar-refractivity contribution in [1.82, 2.24) is 10.2 Å². The van der Waals surface area contributed by atoms with Crippen molar-refractivity contribution in [2.75, 3.05) is 24.2 Å². The standard InChI is InChI=1S/C31H39N3O6S/c1-6-23(3)32-31(36)29(7-2)33(21-24-13-17-26(39-4)18-14-24)30(35)22-34(41(5,37)38)25-15-19-28(20-16-25)40-27-11-9-8-10-12-27/h8-20,23,29H,6-7,21-22H2,1-5H3,(H,32,36). The molecule has 3 aromatic rings. The van der Waals surface area contributed by atoms with Crippen molar-refractivity contribution in [1.29, 1.82) is 0 Å². The summed E-state index contributed by atoms with van der Waals surface area (Å²) >= 11 is 0. The van der Waals surface area contributed by atoms with E-state index in [0.717, 1.165) is 22.5 Å². The van der Waals surface area contributed by atoms with E-state index in [1.807, 2.05) is 63.2 Å². The molecule has 0 bridgehead atoms. The molecular formula is C31H39N3O6S. The minimum Gasteiger partial charge on any atom is -0.497 e. The summed E-state index contributed by atoms with van der Waals surface area (Å²) in [5.74, 6) is 1.05. The maximum absolute atomic E-state index is 13.9. The number of benzene rings is 3. The van der Waals surface area contributed by atoms with Crippen molar-refractivity contribution in [2.24, 2.45) is 0 Å². The smallest absolute Gasteiger partial charge is 0.244 e. The van der Waals surface area contributed by atoms with E-state index in [1.165, 1.54) is 4.90 Å². The second kappa shape index (κ2) is 14.5. The van der Waals surface area contributed by atoms with Gasteiger partial charge >= 0.3 is 0 Å². The summed E-state index contributed by atoms with van der Waals surface area (Å²) in [5.41, 5.74) is 1.09. The number of nitrogens with one attached hydrogen (secondary N) is 1. The zero-order valence-corrected chi connectivity index (χ0v) is 25.1. The fraction of sp³-hybridized carbons (Fsp3) is 0.355. The van der Waals surface area contributed by atoms with E-state index in [9.17, 15) is 18.0 Å². The highest BCUT2D eigenvalue weighted by molar-refractivity contribution is 7.92. The van der Waals surface area contributed by atoms with Crippen molar-refractivity contribution >= 4 is 27.5 Å². The summed E-state index contributed by atoms with van der Waals surface area (Å²) in [5, 5.41) is 2.96. The van der Waals surface area contributed by atoms with E-state index in [2.05, 4.69) is 5.32 Å². The fourth-order valence-electron chi connectivity index (χ4n) is 4.21. The molecule has 0 aromatic heterocycles. The maximum atomic E-state index is 13.9. The molecule has 0 saturated carbocycles. The normalized spacial score (nSPS) is 12.6. The number of rotatable bonds is 14. The van der Waals surface area contributed by atoms with E-state index in [1.54, 1.807) is 43.5 Å². The van der Waals surface area contributed by atoms with Gasteiger partial charge in [-0.15, -0.1) is 0 Å². The number of ether oxygens (including phenoxy) is 2. The molecule has 0 spiro atoms. The third-order valence-electron chi connectivity index (χ3n) is 6.68. The first kappa shape index (κ1) is 31.5. The van der Waals surface area contributed by atoms with Gasteiger partial charge in [0.2, 0.25) is 21.8 Å². The Morgan fingerprint density at radius 3 is 1.98 bits per heavy atom. The zero-order valence-electron chi connectivity index (χ0n) is 24.2. The van der Waals surface area contributed by atoms with Crippen molar-refractivity contribution in [3.63, 3.8) is 0 Å². The lowest BCUT2D eigenvalue weighted by molar-refractivity contribution is -0.140. The first-order chi connectivity index (χ1) is 19.5. The number of carbonyl (C=O) groups excluding carboxylic acids is 2. The molecule has 0 aliphatic heterocycles. The Morgan fingerprint density at radius 2 is 1.44 bits per heavy atom. The van der Waals surface area contributed by atoms with Gasteiger partial charge in [-0.1, -0.05) is 44.2 Å². The third-order valence-corrected chi connectivity index (χ3v) is 7.82. The van der Waals surface area contributed by atoms with Gasteiger partial charge in [-0.2, -0.15) is 0 Å². The highest BCUT2D eigenvalue weighted by Gasteiger charge is 2.32. The van der Waals surface area contributed by atoms with Crippen LogP contribution in [0.2, 0.25) is 0 Å². The highest BCUT2D eigenvalue weighted by atomic mass is 32.2. The van der Waals surface area contributed by atoms with Gasteiger partial charge in [0.15, 0.2) is 0 Å². The lowest BCUT2D eigenvalue weighted by Crippen LogP contribution is -2.53. The molecule has 0 fully saturated rings. The molecular weight excluding hydrogens is 542 g/mol. The Bertz CT molecular complexity index is 1380. The van der Waals surface area contributed by atoms with Gasteiger partial charge in [0.1, 0.15) is 29.8 Å². The molecule has 3 aromatic carbocycles. The van der Waals surface area contributed by atoms with Gasteiger partial charge in [-0.25, -0.2) is 8.42 Å². The molecule has 0 aliphatic carbocycles. The van der Waals surface area contributed by atoms with Crippen LogP contribution < -0.4 is 19.1 Å². The van der Waals surface area contributed by atoms with Crippen LogP contribution in [-0.4, -0.2) is 57.1 Å². The Balaban J connectivity index is 1.89. The summed E-state index contributed by atoms with van der Waals surface area (Å²) in [6.07, 6.45) is 2.14. The molecule has 0 aliphatic rings. The summed E-state index contributed by atoms with van der Waals surface area (Å²) in [6, 6.07) is 22.0. The molecule has 2 unspecified atom stereocenters. The molecule has 1 N–H and O–H groups in total. The predicted octanol–water partition coefficient (Wildman–Crippen LogP) is 4.98. The third kappa shape index (κ3) is 8.97. The Kier molecular flexibility index (Phi) is 11.2. The summed E-state index contributed by atoms with van der Waals surface area (Å²) in [4.78, 5) is 28.6. The van der Waals surface area contributed by atoms with E-state index < -0.39 is 28.5 Å². The molecule has 41 heavy (non-hydrogen) atoms. The molecule has 2 atom stereocenters. The minimum atomic E-state index is -3.85. The van der Waals surface area contributed by atoms with Gasteiger partial charge in [-0.05, 0) is 73.9 Å². The lowest BCUT2D eigenvalue weighted by atomic mass is 10.1. The topological polar surface area (TPSA) is 105 Å². The molecule has 220 valence electrons. The molecule has 0 saturated heterocycles. The van der Waals surface area contributed by atoms with Crippen LogP contribution in [0, 0.1) is 0 Å². The number of amides is 2. The van der Waals surface area contributed by atoms with Crippen LogP contribution in [-0.2, 0) is 26.2 Å². The van der Waals surface area contributed by atoms with Crippen LogP contribution >= 0.6 is 0 Å². The number of nitrogens with zero attached hydrogens (tertiary/aromatic N) is 2. The van der Waals surface area contributed by atoms with Crippen LogP contribution in [0.25, 0.3) is 0 Å². The van der Waals surface area contributed by atoms with E-state index in [-0.39, 0.29) is 18.5 Å². The van der Waals surface area contributed by atoms with Crippen LogP contribution in [0.1, 0.15) is 39.2 Å². The second-order valence-corrected chi connectivity index (χ2v) is 11.7. The Labute approximate surface area is 243 Å². The van der Waals surface area contributed by atoms with Crippen molar-refractivity contribution in [3.8, 4) is 17.2 Å². The number of methoxy groups -OCH3 is 1. The minimum absolute atomic E-state index is 0.0707. The average Bonchev–Trinajstić information content (AvgIpc) is 2.96. The molecule has 2 amide bonds. The van der Waals surface area contributed by atoms with Crippen LogP contribution in [0.3, 0.4) is 0 Å². The number of hydrogen-bond acceptors (Lipinski definition) is 6. The Morgan fingerprint density at radius 1 is 0.854 bits per heavy atom. The monoisotopic (exact) mass is 581 g/mol. The maximum Gasteiger partial charge on any atom is 0.244 e. The number of para-hydroxylation sites is 1. The predicted molar refractivity (Wildman–Crippen MR) is 161 cm³/mol. The Hall–Kier alpha value is -4.05. The highest BCUT2D eigenvalue weighted by Crippen LogP contribution is 2.26. The van der Waals surface area contributed by atoms with Gasteiger partial charge < -0.3 is 19.7 Å². The summed E-state index contributed by atoms with van der Waals surface area (Å²) in [7, 11) is -2.28. The second-order valence-electron chi connectivity index (χ2n) is 9.79. The van der Waals surface area contributed by atoms with Crippen LogP contribution in [0.15, 0.2) is 78.9 Å². The van der Waals surface area contributed by atoms with E-state index in [4.69, 9.17) is 9.47 Å². The van der Waals surface area contributed by atoms with Gasteiger partial charge in [0, 0.05) is 12.6 Å². The first-order valence-corrected chi connectivity index (χ1v) is 15.4. The van der Waals surface area contributed by atoms with Gasteiger partial charge in [-0.3, -0.25) is 13.9 Å². The van der Waals surface area contributed by atoms with Gasteiger partial charge in [0.05, 0.1) is 19.1 Å². The first-order valence-electron chi connectivity index (χ1n) is 13.6. The SMILES string of the molecule is CCC(C)NC(=O)C(CC)N(Cc1ccc(OC)cc1)C(=O)CN(c1ccc(Oc2ccccc2)cc1)S(C)(=O)=O. The van der Waals surface area contributed by atoms with Gasteiger partial charge in [0.25, 0.3) is 0 Å². The largest absolute Gasteiger partial charge is 0.497 e. The van der Waals surface area contributed by atoms with Crippen molar-refractivity contribution < 1.29 is 27.5 Å². The average molecular weight is 582 g/mol. The molecule has 10 heteroatoms. The number of carbonyl (C=O) groups is 2. The molecule has 0 heterocycles. The molecule has 9 nitrogen and oxygen atoms in total. The molecule has 0 radical (unpaired) electrons. The van der Waals surface area contributed by atoms with Crippen molar-refractivity contribution in [2.45, 2.75) is 52.2 Å². The summed E-state index contributed by atoms with van der Waals surface area (Å²) in [6.45, 7) is 5.34. The number of hydrogen-bond donors (Lipinski definition) is 1. The quantitative estimate of drug-likeness (QED) is 0.288. The van der Waals surface area contributed by atoms with E-state index >= 15 is 0 Å². The number of sulfonamides is 1. The summed E-state index contributed by atoms with van der Waals surface area (Å²) < 4.78 is 37.9. The van der Waals surface area contributed by atoms with E-state index in [0.29, 0.717) is 29.4 Å². The molecule has 3 rings (SSSR count). The van der Waals surface area contributed by atoms with Crippen LogP contribution in [0.5, 0.6) is 17.2 Å². The van der Waals surface area contributed by atoms with Crippen LogP contribution in [0.4, 0.5) is 5.69 Å². The van der Waals surface area contributed by atoms with Crippen molar-refractivity contribution in [3.05, 3.63) is 84.4 Å². The zero-order chi connectivity index (χ0) is 30.0. The number of anilines is 1. The fourth-order valence-corrected chi connectivity index (χ4v) is 5.06. The lowest BCUT2D eigenvalue weighted by Gasteiger charge is -2.33.